The van der Waals surface area contributed by atoms with Crippen LogP contribution in [0.15, 0.2) is 0 Å². The number of hydrogen-bond acceptors (Lipinski definition) is 3. The summed E-state index contributed by atoms with van der Waals surface area (Å²) in [5.41, 5.74) is 0. The van der Waals surface area contributed by atoms with Gasteiger partial charge in [-0.15, -0.1) is 0 Å². The maximum Gasteiger partial charge on any atom is 0.171 e. The number of hydrogen-bond donors (Lipinski definition) is 0. The second-order valence-corrected chi connectivity index (χ2v) is 4.00. The van der Waals surface area contributed by atoms with Crippen LogP contribution in [0.2, 0.25) is 0 Å². The molecule has 0 aromatic rings. The van der Waals surface area contributed by atoms with Crippen LogP contribution in [0.1, 0.15) is 32.6 Å². The molecule has 1 heterocycles. The molecule has 0 radical (unpaired) electrons. The van der Waals surface area contributed by atoms with Crippen LogP contribution >= 0.6 is 0 Å². The van der Waals surface area contributed by atoms with Gasteiger partial charge in [0.1, 0.15) is 5.78 Å². The van der Waals surface area contributed by atoms with Crippen molar-refractivity contribution in [3.05, 3.63) is 0 Å². The predicted molar refractivity (Wildman–Crippen MR) is 47.3 cm³/mol. The van der Waals surface area contributed by atoms with E-state index in [-0.39, 0.29) is 11.6 Å². The van der Waals surface area contributed by atoms with E-state index in [0.717, 1.165) is 19.3 Å². The van der Waals surface area contributed by atoms with Crippen molar-refractivity contribution in [2.24, 2.45) is 5.92 Å². The van der Waals surface area contributed by atoms with Gasteiger partial charge in [0.05, 0.1) is 13.2 Å². The highest BCUT2D eigenvalue weighted by molar-refractivity contribution is 5.75. The Labute approximate surface area is 78.4 Å². The van der Waals surface area contributed by atoms with Gasteiger partial charge in [0.15, 0.2) is 5.79 Å². The maximum absolute atomic E-state index is 11.0. The maximum atomic E-state index is 11.0. The van der Waals surface area contributed by atoms with Crippen molar-refractivity contribution in [2.75, 3.05) is 13.2 Å². The molecule has 1 atom stereocenters. The van der Waals surface area contributed by atoms with Crippen molar-refractivity contribution in [2.45, 2.75) is 38.4 Å². The minimum atomic E-state index is -0.383. The monoisotopic (exact) mass is 184 g/mol. The molecule has 74 valence electrons. The van der Waals surface area contributed by atoms with E-state index in [9.17, 15) is 4.79 Å². The topological polar surface area (TPSA) is 35.5 Å². The highest BCUT2D eigenvalue weighted by Crippen LogP contribution is 2.43. The van der Waals surface area contributed by atoms with Crippen molar-refractivity contribution in [3.63, 3.8) is 0 Å². The summed E-state index contributed by atoms with van der Waals surface area (Å²) in [5, 5.41) is 0. The van der Waals surface area contributed by atoms with E-state index in [1.54, 1.807) is 6.92 Å². The summed E-state index contributed by atoms with van der Waals surface area (Å²) in [4.78, 5) is 11.0. The zero-order valence-electron chi connectivity index (χ0n) is 8.04. The summed E-state index contributed by atoms with van der Waals surface area (Å²) in [6, 6.07) is 0. The summed E-state index contributed by atoms with van der Waals surface area (Å²) in [6.45, 7) is 3.02. The molecule has 13 heavy (non-hydrogen) atoms. The van der Waals surface area contributed by atoms with Crippen molar-refractivity contribution in [3.8, 4) is 0 Å². The number of carbonyl (C=O) groups is 1. The van der Waals surface area contributed by atoms with Crippen LogP contribution < -0.4 is 0 Å². The molecule has 1 saturated heterocycles. The second-order valence-electron chi connectivity index (χ2n) is 4.00. The SMILES string of the molecule is CC(=O)C[C@H]1CCCC12OCCO2. The molecule has 2 aliphatic rings. The van der Waals surface area contributed by atoms with E-state index >= 15 is 0 Å². The van der Waals surface area contributed by atoms with Gasteiger partial charge < -0.3 is 14.3 Å². The lowest BCUT2D eigenvalue weighted by Crippen LogP contribution is -2.35. The molecule has 3 heteroatoms. The number of ether oxygens (including phenoxy) is 2. The van der Waals surface area contributed by atoms with E-state index in [2.05, 4.69) is 0 Å². The van der Waals surface area contributed by atoms with Crippen LogP contribution in [-0.2, 0) is 14.3 Å². The van der Waals surface area contributed by atoms with Crippen LogP contribution in [0, 0.1) is 5.92 Å². The lowest BCUT2D eigenvalue weighted by atomic mass is 9.96. The summed E-state index contributed by atoms with van der Waals surface area (Å²) in [6.07, 6.45) is 3.77. The fourth-order valence-electron chi connectivity index (χ4n) is 2.47. The van der Waals surface area contributed by atoms with Crippen molar-refractivity contribution < 1.29 is 14.3 Å². The van der Waals surface area contributed by atoms with Gasteiger partial charge in [-0.05, 0) is 19.8 Å². The van der Waals surface area contributed by atoms with E-state index in [1.807, 2.05) is 0 Å². The smallest absolute Gasteiger partial charge is 0.171 e. The Bertz CT molecular complexity index is 201. The summed E-state index contributed by atoms with van der Waals surface area (Å²) >= 11 is 0. The highest BCUT2D eigenvalue weighted by atomic mass is 16.7. The Morgan fingerprint density at radius 3 is 2.77 bits per heavy atom. The summed E-state index contributed by atoms with van der Waals surface area (Å²) in [7, 11) is 0. The Morgan fingerprint density at radius 2 is 2.15 bits per heavy atom. The number of ketones is 1. The molecule has 3 nitrogen and oxygen atoms in total. The lowest BCUT2D eigenvalue weighted by molar-refractivity contribution is -0.183. The molecule has 0 unspecified atom stereocenters. The van der Waals surface area contributed by atoms with Gasteiger partial charge in [0, 0.05) is 18.8 Å². The van der Waals surface area contributed by atoms with Gasteiger partial charge in [-0.3, -0.25) is 0 Å². The molecule has 0 N–H and O–H groups in total. The fourth-order valence-corrected chi connectivity index (χ4v) is 2.47. The molecular formula is C10H16O3. The molecular weight excluding hydrogens is 168 g/mol. The standard InChI is InChI=1S/C10H16O3/c1-8(11)7-9-3-2-4-10(9)12-5-6-13-10/h9H,2-7H2,1H3/t9-/m1/s1. The first-order chi connectivity index (χ1) is 6.23. The average Bonchev–Trinajstić information content (AvgIpc) is 2.64. The third-order valence-electron chi connectivity index (χ3n) is 3.01. The van der Waals surface area contributed by atoms with E-state index in [4.69, 9.17) is 9.47 Å². The molecule has 1 saturated carbocycles. The third kappa shape index (κ3) is 1.63. The Balaban J connectivity index is 2.04. The molecule has 2 rings (SSSR count). The van der Waals surface area contributed by atoms with Crippen LogP contribution in [0.25, 0.3) is 0 Å². The van der Waals surface area contributed by atoms with Gasteiger partial charge in [-0.25, -0.2) is 0 Å². The molecule has 0 aromatic carbocycles. The quantitative estimate of drug-likeness (QED) is 0.652. The Kier molecular flexibility index (Phi) is 2.39. The molecule has 0 aromatic heterocycles. The van der Waals surface area contributed by atoms with E-state index in [0.29, 0.717) is 25.6 Å². The fraction of sp³-hybridized carbons (Fsp3) is 0.900. The van der Waals surface area contributed by atoms with Gasteiger partial charge in [-0.2, -0.15) is 0 Å². The second kappa shape index (κ2) is 3.39. The molecule has 0 amide bonds. The normalized spacial score (nSPS) is 31.3. The molecule has 1 aliphatic heterocycles. The van der Waals surface area contributed by atoms with Gasteiger partial charge >= 0.3 is 0 Å². The predicted octanol–water partition coefficient (Wildman–Crippen LogP) is 1.51. The third-order valence-corrected chi connectivity index (χ3v) is 3.01. The Morgan fingerprint density at radius 1 is 1.46 bits per heavy atom. The molecule has 2 fully saturated rings. The van der Waals surface area contributed by atoms with Gasteiger partial charge in [0.2, 0.25) is 0 Å². The molecule has 1 spiro atoms. The first-order valence-corrected chi connectivity index (χ1v) is 5.00. The number of rotatable bonds is 2. The number of Topliss-reactive ketones (excluding diaryl/α,β-unsaturated/α-hetero) is 1. The van der Waals surface area contributed by atoms with Crippen LogP contribution in [-0.4, -0.2) is 24.8 Å². The van der Waals surface area contributed by atoms with Gasteiger partial charge in [-0.1, -0.05) is 0 Å². The number of carbonyl (C=O) groups excluding carboxylic acids is 1. The molecule has 0 bridgehead atoms. The molecule has 1 aliphatic carbocycles. The van der Waals surface area contributed by atoms with Crippen molar-refractivity contribution in [1.82, 2.24) is 0 Å². The van der Waals surface area contributed by atoms with Crippen LogP contribution in [0.3, 0.4) is 0 Å². The average molecular weight is 184 g/mol. The van der Waals surface area contributed by atoms with Gasteiger partial charge in [0.25, 0.3) is 0 Å². The summed E-state index contributed by atoms with van der Waals surface area (Å²) in [5.74, 6) is 0.156. The highest BCUT2D eigenvalue weighted by Gasteiger charge is 2.47. The minimum Gasteiger partial charge on any atom is -0.347 e. The largest absolute Gasteiger partial charge is 0.347 e. The van der Waals surface area contributed by atoms with Crippen LogP contribution in [0.5, 0.6) is 0 Å². The lowest BCUT2D eigenvalue weighted by Gasteiger charge is -2.28. The Hall–Kier alpha value is -0.410. The van der Waals surface area contributed by atoms with Crippen molar-refractivity contribution in [1.29, 1.82) is 0 Å². The summed E-state index contributed by atoms with van der Waals surface area (Å²) < 4.78 is 11.3. The first-order valence-electron chi connectivity index (χ1n) is 5.00. The van der Waals surface area contributed by atoms with E-state index in [1.165, 1.54) is 0 Å². The first kappa shape index (κ1) is 9.16. The minimum absolute atomic E-state index is 0.241. The zero-order chi connectivity index (χ0) is 9.31. The van der Waals surface area contributed by atoms with Crippen molar-refractivity contribution >= 4 is 5.78 Å². The van der Waals surface area contributed by atoms with Crippen LogP contribution in [0.4, 0.5) is 0 Å². The van der Waals surface area contributed by atoms with E-state index < -0.39 is 0 Å². The zero-order valence-corrected chi connectivity index (χ0v) is 8.04.